The molecule has 0 saturated carbocycles. The fourth-order valence-corrected chi connectivity index (χ4v) is 1.34. The third-order valence-electron chi connectivity index (χ3n) is 2.34. The molecule has 0 amide bonds. The summed E-state index contributed by atoms with van der Waals surface area (Å²) in [5, 5.41) is 8.38. The van der Waals surface area contributed by atoms with Gasteiger partial charge in [0.1, 0.15) is 18.6 Å². The maximum absolute atomic E-state index is 10.5. The van der Waals surface area contributed by atoms with Crippen molar-refractivity contribution < 1.29 is 28.9 Å². The highest BCUT2D eigenvalue weighted by atomic mass is 16.5. The Hall–Kier alpha value is -1.92. The number of hydrogen-bond donors (Lipinski definition) is 1. The van der Waals surface area contributed by atoms with Crippen LogP contribution < -0.4 is 4.74 Å². The van der Waals surface area contributed by atoms with Crippen molar-refractivity contribution in [1.82, 2.24) is 0 Å². The minimum Gasteiger partial charge on any atom is -0.491 e. The average molecular weight is 282 g/mol. The molecule has 1 N–H and O–H groups in total. The lowest BCUT2D eigenvalue weighted by molar-refractivity contribution is -0.138. The molecule has 20 heavy (non-hydrogen) atoms. The molecule has 0 spiro atoms. The maximum atomic E-state index is 10.5. The van der Waals surface area contributed by atoms with Gasteiger partial charge in [0, 0.05) is 5.56 Å². The SMILES string of the molecule is O=Cc1ccc(OCCOCCOCCC(=O)O)cc1. The number of ether oxygens (including phenoxy) is 3. The average Bonchev–Trinajstić information content (AvgIpc) is 2.46. The van der Waals surface area contributed by atoms with Crippen LogP contribution in [0.2, 0.25) is 0 Å². The highest BCUT2D eigenvalue weighted by Crippen LogP contribution is 2.10. The van der Waals surface area contributed by atoms with Crippen LogP contribution in [-0.2, 0) is 14.3 Å². The van der Waals surface area contributed by atoms with E-state index in [-0.39, 0.29) is 13.0 Å². The predicted octanol–water partition coefficient (Wildman–Crippen LogP) is 1.39. The fraction of sp³-hybridized carbons (Fsp3) is 0.429. The number of aldehydes is 1. The van der Waals surface area contributed by atoms with E-state index < -0.39 is 5.97 Å². The molecule has 0 aliphatic rings. The zero-order chi connectivity index (χ0) is 14.6. The number of carbonyl (C=O) groups is 2. The van der Waals surface area contributed by atoms with Crippen LogP contribution in [0.3, 0.4) is 0 Å². The molecular formula is C14H18O6. The summed E-state index contributed by atoms with van der Waals surface area (Å²) in [7, 11) is 0. The number of hydrogen-bond acceptors (Lipinski definition) is 5. The van der Waals surface area contributed by atoms with E-state index in [1.165, 1.54) is 0 Å². The van der Waals surface area contributed by atoms with Gasteiger partial charge in [0.2, 0.25) is 0 Å². The zero-order valence-corrected chi connectivity index (χ0v) is 11.1. The van der Waals surface area contributed by atoms with Gasteiger partial charge in [-0.2, -0.15) is 0 Å². The number of benzene rings is 1. The first kappa shape index (κ1) is 16.1. The molecule has 6 heteroatoms. The molecule has 0 unspecified atom stereocenters. The molecular weight excluding hydrogens is 264 g/mol. The zero-order valence-electron chi connectivity index (χ0n) is 11.1. The second-order valence-corrected chi connectivity index (χ2v) is 3.90. The van der Waals surface area contributed by atoms with Gasteiger partial charge >= 0.3 is 5.97 Å². The Morgan fingerprint density at radius 1 is 1.00 bits per heavy atom. The van der Waals surface area contributed by atoms with Crippen LogP contribution in [0.5, 0.6) is 5.75 Å². The molecule has 1 aromatic rings. The molecule has 0 radical (unpaired) electrons. The van der Waals surface area contributed by atoms with E-state index in [9.17, 15) is 9.59 Å². The van der Waals surface area contributed by atoms with Gasteiger partial charge in [0.15, 0.2) is 0 Å². The Balaban J connectivity index is 1.96. The Bertz CT molecular complexity index is 401. The molecule has 6 nitrogen and oxygen atoms in total. The van der Waals surface area contributed by atoms with E-state index in [1.807, 2.05) is 0 Å². The van der Waals surface area contributed by atoms with Crippen molar-refractivity contribution in [2.24, 2.45) is 0 Å². The summed E-state index contributed by atoms with van der Waals surface area (Å²) in [4.78, 5) is 20.7. The first-order valence-corrected chi connectivity index (χ1v) is 6.27. The molecule has 110 valence electrons. The van der Waals surface area contributed by atoms with Gasteiger partial charge in [-0.1, -0.05) is 0 Å². The quantitative estimate of drug-likeness (QED) is 0.488. The van der Waals surface area contributed by atoms with Crippen molar-refractivity contribution in [3.8, 4) is 5.75 Å². The van der Waals surface area contributed by atoms with Crippen molar-refractivity contribution in [3.05, 3.63) is 29.8 Å². The Kier molecular flexibility index (Phi) is 8.02. The van der Waals surface area contributed by atoms with Gasteiger partial charge in [-0.25, -0.2) is 0 Å². The highest BCUT2D eigenvalue weighted by Gasteiger charge is 1.97. The van der Waals surface area contributed by atoms with Crippen molar-refractivity contribution in [3.63, 3.8) is 0 Å². The van der Waals surface area contributed by atoms with Gasteiger partial charge < -0.3 is 19.3 Å². The van der Waals surface area contributed by atoms with E-state index in [1.54, 1.807) is 24.3 Å². The second-order valence-electron chi connectivity index (χ2n) is 3.90. The number of aliphatic carboxylic acids is 1. The molecule has 0 atom stereocenters. The highest BCUT2D eigenvalue weighted by molar-refractivity contribution is 5.74. The summed E-state index contributed by atoms with van der Waals surface area (Å²) in [5.74, 6) is -0.197. The standard InChI is InChI=1S/C14H18O6/c15-11-12-1-3-13(4-2-12)20-10-9-19-8-7-18-6-5-14(16)17/h1-4,11H,5-10H2,(H,16,17). The van der Waals surface area contributed by atoms with Crippen LogP contribution >= 0.6 is 0 Å². The molecule has 1 aromatic carbocycles. The van der Waals surface area contributed by atoms with Crippen molar-refractivity contribution in [2.75, 3.05) is 33.0 Å². The Morgan fingerprint density at radius 2 is 1.60 bits per heavy atom. The summed E-state index contributed by atoms with van der Waals surface area (Å²) in [6.45, 7) is 1.76. The minimum atomic E-state index is -0.875. The third kappa shape index (κ3) is 7.50. The first-order chi connectivity index (χ1) is 9.72. The predicted molar refractivity (Wildman–Crippen MR) is 71.2 cm³/mol. The number of rotatable bonds is 11. The summed E-state index contributed by atoms with van der Waals surface area (Å²) < 4.78 is 15.7. The van der Waals surface area contributed by atoms with Crippen LogP contribution in [0.4, 0.5) is 0 Å². The lowest BCUT2D eigenvalue weighted by atomic mass is 10.2. The molecule has 1 rings (SSSR count). The van der Waals surface area contributed by atoms with Crippen LogP contribution in [0.15, 0.2) is 24.3 Å². The van der Waals surface area contributed by atoms with Crippen LogP contribution in [0, 0.1) is 0 Å². The molecule has 0 aromatic heterocycles. The molecule has 0 aliphatic carbocycles. The second kappa shape index (κ2) is 9.94. The van der Waals surface area contributed by atoms with Crippen LogP contribution in [-0.4, -0.2) is 50.4 Å². The van der Waals surface area contributed by atoms with E-state index in [4.69, 9.17) is 19.3 Å². The number of carbonyl (C=O) groups excluding carboxylic acids is 1. The Labute approximate surface area is 117 Å². The van der Waals surface area contributed by atoms with E-state index in [0.29, 0.717) is 37.7 Å². The molecule has 0 bridgehead atoms. The summed E-state index contributed by atoms with van der Waals surface area (Å²) in [5.41, 5.74) is 0.604. The monoisotopic (exact) mass is 282 g/mol. The summed E-state index contributed by atoms with van der Waals surface area (Å²) in [6, 6.07) is 6.80. The largest absolute Gasteiger partial charge is 0.491 e. The minimum absolute atomic E-state index is 0.000104. The summed E-state index contributed by atoms with van der Waals surface area (Å²) in [6.07, 6.45) is 0.775. The number of carboxylic acid groups (broad SMARTS) is 1. The van der Waals surface area contributed by atoms with Crippen molar-refractivity contribution in [2.45, 2.75) is 6.42 Å². The third-order valence-corrected chi connectivity index (χ3v) is 2.34. The molecule has 0 saturated heterocycles. The van der Waals surface area contributed by atoms with E-state index >= 15 is 0 Å². The lowest BCUT2D eigenvalue weighted by Crippen LogP contribution is -2.12. The fourth-order valence-electron chi connectivity index (χ4n) is 1.34. The van der Waals surface area contributed by atoms with Gasteiger partial charge in [0.25, 0.3) is 0 Å². The van der Waals surface area contributed by atoms with Gasteiger partial charge in [-0.05, 0) is 24.3 Å². The molecule has 0 heterocycles. The van der Waals surface area contributed by atoms with Gasteiger partial charge in [0.05, 0.1) is 32.8 Å². The van der Waals surface area contributed by atoms with Crippen LogP contribution in [0.25, 0.3) is 0 Å². The smallest absolute Gasteiger partial charge is 0.305 e. The summed E-state index contributed by atoms with van der Waals surface area (Å²) >= 11 is 0. The van der Waals surface area contributed by atoms with Crippen molar-refractivity contribution in [1.29, 1.82) is 0 Å². The maximum Gasteiger partial charge on any atom is 0.305 e. The first-order valence-electron chi connectivity index (χ1n) is 6.27. The van der Waals surface area contributed by atoms with E-state index in [0.717, 1.165) is 6.29 Å². The van der Waals surface area contributed by atoms with Gasteiger partial charge in [-0.3, -0.25) is 9.59 Å². The van der Waals surface area contributed by atoms with Crippen LogP contribution in [0.1, 0.15) is 16.8 Å². The number of carboxylic acids is 1. The van der Waals surface area contributed by atoms with Crippen molar-refractivity contribution >= 4 is 12.3 Å². The van der Waals surface area contributed by atoms with E-state index in [2.05, 4.69) is 0 Å². The van der Waals surface area contributed by atoms with Gasteiger partial charge in [-0.15, -0.1) is 0 Å². The Morgan fingerprint density at radius 3 is 2.20 bits per heavy atom. The molecule has 0 aliphatic heterocycles. The molecule has 0 fully saturated rings. The lowest BCUT2D eigenvalue weighted by Gasteiger charge is -2.07. The normalized spacial score (nSPS) is 10.2. The topological polar surface area (TPSA) is 82.1 Å².